The molecule has 4 amide bonds. The van der Waals surface area contributed by atoms with Gasteiger partial charge in [-0.3, -0.25) is 39.0 Å². The number of amides is 4. The van der Waals surface area contributed by atoms with Crippen molar-refractivity contribution in [2.24, 2.45) is 0 Å². The second-order valence-corrected chi connectivity index (χ2v) is 7.25. The predicted molar refractivity (Wildman–Crippen MR) is 99.5 cm³/mol. The van der Waals surface area contributed by atoms with Gasteiger partial charge in [0.1, 0.15) is 11.6 Å². The minimum Gasteiger partial charge on any atom is -0.497 e. The number of aliphatic hydroxyl groups is 2. The normalized spacial score (nSPS) is 26.9. The quantitative estimate of drug-likeness (QED) is 0.372. The predicted octanol–water partition coefficient (Wildman–Crippen LogP) is -2.14. The third kappa shape index (κ3) is 3.64. The Kier molecular flexibility index (Phi) is 6.20. The van der Waals surface area contributed by atoms with Gasteiger partial charge in [0.2, 0.25) is 11.2 Å². The monoisotopic (exact) mass is 438 g/mol. The Morgan fingerprint density at radius 3 is 1.81 bits per heavy atom. The van der Waals surface area contributed by atoms with E-state index in [9.17, 15) is 39.0 Å². The van der Waals surface area contributed by atoms with Gasteiger partial charge in [0.15, 0.2) is 11.5 Å². The van der Waals surface area contributed by atoms with Gasteiger partial charge in [0, 0.05) is 7.05 Å². The molecule has 2 heterocycles. The Hall–Kier alpha value is -3.38. The first-order valence-corrected chi connectivity index (χ1v) is 8.96. The smallest absolute Gasteiger partial charge is 0.269 e. The van der Waals surface area contributed by atoms with Crippen molar-refractivity contribution in [1.29, 1.82) is 0 Å². The molecule has 2 aliphatic rings. The Morgan fingerprint density at radius 1 is 0.903 bits per heavy atom. The van der Waals surface area contributed by atoms with Crippen LogP contribution in [-0.4, -0.2) is 82.8 Å². The van der Waals surface area contributed by atoms with Crippen LogP contribution in [0.1, 0.15) is 26.7 Å². The number of hydrogen-bond acceptors (Lipinski definition) is 10. The summed E-state index contributed by atoms with van der Waals surface area (Å²) in [5.74, 6) is -7.55. The van der Waals surface area contributed by atoms with E-state index >= 15 is 0 Å². The van der Waals surface area contributed by atoms with Crippen molar-refractivity contribution in [3.63, 3.8) is 0 Å². The van der Waals surface area contributed by atoms with Gasteiger partial charge < -0.3 is 19.7 Å². The molecule has 0 aliphatic carbocycles. The summed E-state index contributed by atoms with van der Waals surface area (Å²) in [5.41, 5.74) is -6.74. The van der Waals surface area contributed by atoms with Gasteiger partial charge in [-0.1, -0.05) is 0 Å². The van der Waals surface area contributed by atoms with E-state index in [-0.39, 0.29) is 0 Å². The summed E-state index contributed by atoms with van der Waals surface area (Å²) in [4.78, 5) is 74.5. The maximum atomic E-state index is 13.0. The lowest BCUT2D eigenvalue weighted by Crippen LogP contribution is -2.60. The first kappa shape index (κ1) is 23.9. The number of nitrogens with zero attached hydrogens (tertiary/aromatic N) is 1. The molecule has 0 radical (unpaired) electrons. The van der Waals surface area contributed by atoms with E-state index in [0.717, 1.165) is 35.1 Å². The molecule has 0 saturated carbocycles. The summed E-state index contributed by atoms with van der Waals surface area (Å²) in [6.45, 7) is 2.17. The average Bonchev–Trinajstić information content (AvgIpc) is 2.65. The van der Waals surface area contributed by atoms with E-state index in [1.54, 1.807) is 0 Å². The first-order valence-electron chi connectivity index (χ1n) is 8.96. The number of rotatable bonds is 7. The number of likely N-dealkylation sites (N-methyl/N-ethyl adjacent to an activating group) is 1. The largest absolute Gasteiger partial charge is 0.497 e. The molecule has 2 rings (SSSR count). The van der Waals surface area contributed by atoms with Crippen molar-refractivity contribution in [1.82, 2.24) is 10.2 Å². The van der Waals surface area contributed by atoms with E-state index in [4.69, 9.17) is 9.47 Å². The van der Waals surface area contributed by atoms with E-state index < -0.39 is 81.9 Å². The summed E-state index contributed by atoms with van der Waals surface area (Å²) in [5, 5.41) is 23.7. The van der Waals surface area contributed by atoms with Crippen molar-refractivity contribution in [2.75, 3.05) is 21.3 Å². The number of imide groups is 2. The number of carbonyl (C=O) groups is 6. The van der Waals surface area contributed by atoms with Crippen molar-refractivity contribution in [3.05, 3.63) is 22.7 Å². The van der Waals surface area contributed by atoms with Crippen LogP contribution in [0.15, 0.2) is 22.7 Å². The lowest BCUT2D eigenvalue weighted by molar-refractivity contribution is -0.161. The Bertz CT molecular complexity index is 978. The highest BCUT2D eigenvalue weighted by atomic mass is 16.5. The van der Waals surface area contributed by atoms with Crippen LogP contribution in [0.5, 0.6) is 0 Å². The van der Waals surface area contributed by atoms with Crippen molar-refractivity contribution >= 4 is 35.2 Å². The maximum absolute atomic E-state index is 13.0. The minimum absolute atomic E-state index is 0.467. The highest BCUT2D eigenvalue weighted by Gasteiger charge is 2.57. The van der Waals surface area contributed by atoms with Crippen LogP contribution in [0.2, 0.25) is 0 Å². The summed E-state index contributed by atoms with van der Waals surface area (Å²) in [7, 11) is 2.99. The number of Topliss-reactive ketones (excluding diaryl/α,β-unsaturated/α-hetero) is 2. The molecule has 0 saturated heterocycles. The van der Waals surface area contributed by atoms with Crippen LogP contribution in [-0.2, 0) is 38.2 Å². The van der Waals surface area contributed by atoms with Crippen LogP contribution in [0.25, 0.3) is 0 Å². The van der Waals surface area contributed by atoms with E-state index in [1.807, 2.05) is 5.32 Å². The Balaban J connectivity index is 2.98. The molecular formula is C19H22N2O10. The molecule has 0 bridgehead atoms. The maximum Gasteiger partial charge on any atom is 0.269 e. The summed E-state index contributed by atoms with van der Waals surface area (Å²) < 4.78 is 10.2. The zero-order valence-corrected chi connectivity index (χ0v) is 17.5. The molecule has 3 N–H and O–H groups in total. The van der Waals surface area contributed by atoms with Gasteiger partial charge in [-0.2, -0.15) is 0 Å². The number of hydrogen-bond donors (Lipinski definition) is 3. The molecule has 168 valence electrons. The van der Waals surface area contributed by atoms with E-state index in [1.165, 1.54) is 0 Å². The first-order chi connectivity index (χ1) is 14.3. The van der Waals surface area contributed by atoms with E-state index in [0.29, 0.717) is 4.90 Å². The summed E-state index contributed by atoms with van der Waals surface area (Å²) >= 11 is 0. The molecule has 0 aromatic heterocycles. The highest BCUT2D eigenvalue weighted by Crippen LogP contribution is 2.40. The average molecular weight is 438 g/mol. The fourth-order valence-corrected chi connectivity index (χ4v) is 3.65. The van der Waals surface area contributed by atoms with Crippen LogP contribution in [0, 0.1) is 0 Å². The van der Waals surface area contributed by atoms with Gasteiger partial charge in [0.05, 0.1) is 38.2 Å². The molecule has 2 aliphatic heterocycles. The lowest BCUT2D eigenvalue weighted by atomic mass is 9.80. The standard InChI is InChI=1S/C19H22N2O10/c1-8(22)6-18(28)12(30-4)10(14(24)20-16(18)26)11-13(31-5)19(29,7-9(2)23)17(27)21(3)15(11)25/h28-29H,6-7H2,1-5H3,(H,20,24,26)/t18-,19+/m0/s1. The third-order valence-electron chi connectivity index (χ3n) is 4.88. The van der Waals surface area contributed by atoms with Crippen molar-refractivity contribution in [3.8, 4) is 0 Å². The zero-order chi connectivity index (χ0) is 23.9. The number of carbonyl (C=O) groups excluding carboxylic acids is 6. The van der Waals surface area contributed by atoms with Gasteiger partial charge in [-0.25, -0.2) is 0 Å². The molecular weight excluding hydrogens is 416 g/mol. The number of ether oxygens (including phenoxy) is 2. The molecule has 31 heavy (non-hydrogen) atoms. The van der Waals surface area contributed by atoms with Crippen LogP contribution in [0.4, 0.5) is 0 Å². The molecule has 0 unspecified atom stereocenters. The molecule has 0 aromatic carbocycles. The minimum atomic E-state index is -2.66. The van der Waals surface area contributed by atoms with Crippen LogP contribution in [0.3, 0.4) is 0 Å². The molecule has 12 nitrogen and oxygen atoms in total. The fraction of sp³-hybridized carbons (Fsp3) is 0.474. The SMILES string of the molecule is COC1=C(C2=C(OC)[C@](O)(CC(C)=O)C(=O)N(C)C2=O)C(=O)NC(=O)[C@]1(O)CC(C)=O. The van der Waals surface area contributed by atoms with Crippen molar-refractivity contribution in [2.45, 2.75) is 37.9 Å². The molecule has 0 spiro atoms. The number of ketones is 2. The van der Waals surface area contributed by atoms with Crippen LogP contribution >= 0.6 is 0 Å². The number of nitrogens with one attached hydrogen (secondary N) is 1. The van der Waals surface area contributed by atoms with Gasteiger partial charge in [-0.05, 0) is 13.8 Å². The second kappa shape index (κ2) is 8.04. The number of methoxy groups -OCH3 is 2. The van der Waals surface area contributed by atoms with E-state index in [2.05, 4.69) is 0 Å². The van der Waals surface area contributed by atoms with Crippen molar-refractivity contribution < 1.29 is 48.5 Å². The molecule has 12 heteroatoms. The van der Waals surface area contributed by atoms with Gasteiger partial charge in [0.25, 0.3) is 23.6 Å². The molecule has 2 atom stereocenters. The van der Waals surface area contributed by atoms with Gasteiger partial charge in [-0.15, -0.1) is 0 Å². The zero-order valence-electron chi connectivity index (χ0n) is 17.5. The fourth-order valence-electron chi connectivity index (χ4n) is 3.65. The summed E-state index contributed by atoms with van der Waals surface area (Å²) in [6.07, 6.45) is -1.58. The molecule has 0 fully saturated rings. The molecule has 0 aromatic rings. The lowest BCUT2D eigenvalue weighted by Gasteiger charge is -2.39. The van der Waals surface area contributed by atoms with Crippen LogP contribution < -0.4 is 5.32 Å². The highest BCUT2D eigenvalue weighted by molar-refractivity contribution is 6.23. The third-order valence-corrected chi connectivity index (χ3v) is 4.88. The van der Waals surface area contributed by atoms with Gasteiger partial charge >= 0.3 is 0 Å². The topological polar surface area (TPSA) is 177 Å². The Labute approximate surface area is 176 Å². The Morgan fingerprint density at radius 2 is 1.35 bits per heavy atom. The second-order valence-electron chi connectivity index (χ2n) is 7.25. The summed E-state index contributed by atoms with van der Waals surface area (Å²) in [6, 6.07) is 0.